The fourth-order valence-electron chi connectivity index (χ4n) is 1.66. The van der Waals surface area contributed by atoms with Crippen molar-refractivity contribution in [3.8, 4) is 11.5 Å². The van der Waals surface area contributed by atoms with E-state index in [4.69, 9.17) is 21.1 Å². The Morgan fingerprint density at radius 3 is 2.71 bits per heavy atom. The van der Waals surface area contributed by atoms with Crippen LogP contribution in [0.4, 0.5) is 0 Å². The molecule has 4 heteroatoms. The number of methoxy groups -OCH3 is 1. The van der Waals surface area contributed by atoms with Crippen molar-refractivity contribution in [3.05, 3.63) is 22.7 Å². The van der Waals surface area contributed by atoms with Gasteiger partial charge in [-0.05, 0) is 25.8 Å². The van der Waals surface area contributed by atoms with Gasteiger partial charge in [0.25, 0.3) is 0 Å². The van der Waals surface area contributed by atoms with Crippen molar-refractivity contribution >= 4 is 17.4 Å². The lowest BCUT2D eigenvalue weighted by atomic mass is 10.1. The molecule has 0 atom stereocenters. The average molecular weight is 255 g/mol. The zero-order valence-corrected chi connectivity index (χ0v) is 10.7. The predicted octanol–water partition coefficient (Wildman–Crippen LogP) is 3.02. The van der Waals surface area contributed by atoms with E-state index in [1.165, 1.54) is 0 Å². The summed E-state index contributed by atoms with van der Waals surface area (Å²) in [6.07, 6.45) is 2.70. The summed E-state index contributed by atoms with van der Waals surface area (Å²) in [4.78, 5) is 11.2. The number of carbonyl (C=O) groups is 1. The highest BCUT2D eigenvalue weighted by atomic mass is 35.5. The van der Waals surface area contributed by atoms with E-state index in [1.807, 2.05) is 0 Å². The minimum atomic E-state index is 0.0787. The van der Waals surface area contributed by atoms with Crippen LogP contribution in [0.3, 0.4) is 0 Å². The van der Waals surface area contributed by atoms with E-state index in [0.717, 1.165) is 18.4 Å². The van der Waals surface area contributed by atoms with Crippen LogP contribution >= 0.6 is 11.6 Å². The first-order valence-corrected chi connectivity index (χ1v) is 6.00. The van der Waals surface area contributed by atoms with Crippen LogP contribution in [-0.4, -0.2) is 19.0 Å². The molecule has 17 heavy (non-hydrogen) atoms. The molecule has 1 aromatic rings. The van der Waals surface area contributed by atoms with Crippen LogP contribution in [0.5, 0.6) is 11.5 Å². The summed E-state index contributed by atoms with van der Waals surface area (Å²) in [5.41, 5.74) is 0.800. The summed E-state index contributed by atoms with van der Waals surface area (Å²) in [5, 5.41) is 0.557. The summed E-state index contributed by atoms with van der Waals surface area (Å²) >= 11 is 5.99. The van der Waals surface area contributed by atoms with Crippen LogP contribution in [-0.2, 0) is 11.2 Å². The van der Waals surface area contributed by atoms with Crippen LogP contribution in [0.25, 0.3) is 0 Å². The molecule has 0 amide bonds. The van der Waals surface area contributed by atoms with E-state index in [-0.39, 0.29) is 11.9 Å². The molecular formula is C13H15ClO3. The smallest absolute Gasteiger partial charge is 0.165 e. The third-order valence-corrected chi connectivity index (χ3v) is 2.78. The fraction of sp³-hybridized carbons (Fsp3) is 0.462. The Hall–Kier alpha value is -1.22. The minimum absolute atomic E-state index is 0.0787. The van der Waals surface area contributed by atoms with Gasteiger partial charge in [-0.2, -0.15) is 0 Å². The SMILES string of the molecule is COc1cc(Cl)cc(CC(C)=O)c1OC1CC1. The van der Waals surface area contributed by atoms with Crippen LogP contribution in [0.15, 0.2) is 12.1 Å². The molecule has 1 aromatic carbocycles. The molecule has 3 nitrogen and oxygen atoms in total. The second kappa shape index (κ2) is 4.96. The van der Waals surface area contributed by atoms with Gasteiger partial charge in [0.1, 0.15) is 5.78 Å². The second-order valence-corrected chi connectivity index (χ2v) is 4.73. The highest BCUT2D eigenvalue weighted by molar-refractivity contribution is 6.30. The first-order valence-electron chi connectivity index (χ1n) is 5.62. The number of halogens is 1. The van der Waals surface area contributed by atoms with Crippen molar-refractivity contribution in [2.75, 3.05) is 7.11 Å². The van der Waals surface area contributed by atoms with Crippen LogP contribution in [0.1, 0.15) is 25.3 Å². The molecule has 0 unspecified atom stereocenters. The van der Waals surface area contributed by atoms with E-state index in [0.29, 0.717) is 22.9 Å². The fourth-order valence-corrected chi connectivity index (χ4v) is 1.89. The lowest BCUT2D eigenvalue weighted by Crippen LogP contribution is -2.05. The lowest BCUT2D eigenvalue weighted by molar-refractivity contribution is -0.116. The number of ketones is 1. The normalized spacial score (nSPS) is 14.5. The molecule has 2 rings (SSSR count). The average Bonchev–Trinajstić information content (AvgIpc) is 3.04. The van der Waals surface area contributed by atoms with Gasteiger partial charge in [0.15, 0.2) is 11.5 Å². The maximum absolute atomic E-state index is 11.2. The third kappa shape index (κ3) is 3.13. The van der Waals surface area contributed by atoms with E-state index >= 15 is 0 Å². The highest BCUT2D eigenvalue weighted by Crippen LogP contribution is 2.39. The van der Waals surface area contributed by atoms with Gasteiger partial charge < -0.3 is 9.47 Å². The van der Waals surface area contributed by atoms with Gasteiger partial charge in [-0.25, -0.2) is 0 Å². The summed E-state index contributed by atoms with van der Waals surface area (Å²) in [7, 11) is 1.57. The Labute approximate surface area is 106 Å². The standard InChI is InChI=1S/C13H15ClO3/c1-8(15)5-9-6-10(14)7-12(16-2)13(9)17-11-3-4-11/h6-7,11H,3-5H2,1-2H3. The third-order valence-electron chi connectivity index (χ3n) is 2.56. The molecule has 0 bridgehead atoms. The Bertz CT molecular complexity index is 439. The van der Waals surface area contributed by atoms with Gasteiger partial charge in [0.05, 0.1) is 13.2 Å². The maximum atomic E-state index is 11.2. The number of Topliss-reactive ketones (excluding diaryl/α,β-unsaturated/α-hetero) is 1. The molecule has 0 heterocycles. The molecule has 1 saturated carbocycles. The molecule has 0 N–H and O–H groups in total. The topological polar surface area (TPSA) is 35.5 Å². The van der Waals surface area contributed by atoms with E-state index in [9.17, 15) is 4.79 Å². The molecule has 0 saturated heterocycles. The molecular weight excluding hydrogens is 240 g/mol. The van der Waals surface area contributed by atoms with E-state index in [2.05, 4.69) is 0 Å². The van der Waals surface area contributed by atoms with Gasteiger partial charge in [-0.3, -0.25) is 4.79 Å². The van der Waals surface area contributed by atoms with Crippen LogP contribution in [0, 0.1) is 0 Å². The number of hydrogen-bond donors (Lipinski definition) is 0. The molecule has 0 spiro atoms. The summed E-state index contributed by atoms with van der Waals surface area (Å²) in [6, 6.07) is 3.48. The number of rotatable bonds is 5. The molecule has 0 aromatic heterocycles. The Morgan fingerprint density at radius 2 is 2.18 bits per heavy atom. The van der Waals surface area contributed by atoms with Gasteiger partial charge in [0, 0.05) is 23.1 Å². The highest BCUT2D eigenvalue weighted by Gasteiger charge is 2.26. The summed E-state index contributed by atoms with van der Waals surface area (Å²) in [6.45, 7) is 1.55. The molecule has 1 aliphatic rings. The number of hydrogen-bond acceptors (Lipinski definition) is 3. The Balaban J connectivity index is 2.36. The zero-order chi connectivity index (χ0) is 12.4. The van der Waals surface area contributed by atoms with Crippen molar-refractivity contribution in [1.29, 1.82) is 0 Å². The Kier molecular flexibility index (Phi) is 3.57. The Morgan fingerprint density at radius 1 is 1.47 bits per heavy atom. The zero-order valence-electron chi connectivity index (χ0n) is 9.96. The molecule has 0 aliphatic heterocycles. The number of carbonyl (C=O) groups excluding carboxylic acids is 1. The van der Waals surface area contributed by atoms with E-state index < -0.39 is 0 Å². The van der Waals surface area contributed by atoms with Gasteiger partial charge >= 0.3 is 0 Å². The number of ether oxygens (including phenoxy) is 2. The van der Waals surface area contributed by atoms with Crippen molar-refractivity contribution in [2.45, 2.75) is 32.3 Å². The van der Waals surface area contributed by atoms with Crippen LogP contribution in [0.2, 0.25) is 5.02 Å². The maximum Gasteiger partial charge on any atom is 0.165 e. The monoisotopic (exact) mass is 254 g/mol. The quantitative estimate of drug-likeness (QED) is 0.810. The van der Waals surface area contributed by atoms with Crippen molar-refractivity contribution in [3.63, 3.8) is 0 Å². The first-order chi connectivity index (χ1) is 8.10. The second-order valence-electron chi connectivity index (χ2n) is 4.29. The van der Waals surface area contributed by atoms with Gasteiger partial charge in [0.2, 0.25) is 0 Å². The van der Waals surface area contributed by atoms with E-state index in [1.54, 1.807) is 26.2 Å². The lowest BCUT2D eigenvalue weighted by Gasteiger charge is -2.14. The molecule has 92 valence electrons. The van der Waals surface area contributed by atoms with Crippen molar-refractivity contribution in [1.82, 2.24) is 0 Å². The van der Waals surface area contributed by atoms with Crippen molar-refractivity contribution < 1.29 is 14.3 Å². The molecule has 1 aliphatic carbocycles. The largest absolute Gasteiger partial charge is 0.493 e. The summed E-state index contributed by atoms with van der Waals surface area (Å²) in [5.74, 6) is 1.34. The minimum Gasteiger partial charge on any atom is -0.493 e. The first kappa shape index (κ1) is 12.2. The summed E-state index contributed by atoms with van der Waals surface area (Å²) < 4.78 is 11.1. The van der Waals surface area contributed by atoms with Crippen molar-refractivity contribution in [2.24, 2.45) is 0 Å². The number of benzene rings is 1. The van der Waals surface area contributed by atoms with Gasteiger partial charge in [-0.15, -0.1) is 0 Å². The van der Waals surface area contributed by atoms with Crippen LogP contribution < -0.4 is 9.47 Å². The molecule has 0 radical (unpaired) electrons. The molecule has 1 fully saturated rings. The van der Waals surface area contributed by atoms with Gasteiger partial charge in [-0.1, -0.05) is 11.6 Å². The predicted molar refractivity (Wildman–Crippen MR) is 66.0 cm³/mol.